The van der Waals surface area contributed by atoms with Gasteiger partial charge in [-0.3, -0.25) is 4.79 Å². The van der Waals surface area contributed by atoms with Crippen molar-refractivity contribution in [3.05, 3.63) is 46.9 Å². The quantitative estimate of drug-likeness (QED) is 0.828. The number of amides is 1. The number of hydrogen-bond donors (Lipinski definition) is 0. The van der Waals surface area contributed by atoms with Crippen LogP contribution in [0, 0.1) is 0 Å². The van der Waals surface area contributed by atoms with Crippen LogP contribution in [0.3, 0.4) is 0 Å². The number of rotatable bonds is 3. The van der Waals surface area contributed by atoms with Crippen LogP contribution in [-0.2, 0) is 22.4 Å². The molecule has 0 spiro atoms. The number of ether oxygens (including phenoxy) is 1. The fraction of sp³-hybridized carbons (Fsp3) is 0.421. The molecule has 1 amide bonds. The van der Waals surface area contributed by atoms with E-state index in [1.165, 1.54) is 0 Å². The second-order valence-electron chi connectivity index (χ2n) is 6.49. The van der Waals surface area contributed by atoms with Gasteiger partial charge in [0.05, 0.1) is 19.6 Å². The minimum Gasteiger partial charge on any atom is -0.378 e. The first-order valence-electron chi connectivity index (χ1n) is 8.95. The van der Waals surface area contributed by atoms with Gasteiger partial charge in [-0.15, -0.1) is 0 Å². The lowest BCUT2D eigenvalue weighted by Crippen LogP contribution is -2.38. The zero-order chi connectivity index (χ0) is 17.9. The van der Waals surface area contributed by atoms with Crippen molar-refractivity contribution in [2.75, 3.05) is 42.6 Å². The minimum atomic E-state index is 0.00680. The Bertz CT molecular complexity index is 808. The van der Waals surface area contributed by atoms with Crippen LogP contribution in [0.4, 0.5) is 11.5 Å². The van der Waals surface area contributed by atoms with E-state index in [-0.39, 0.29) is 12.3 Å². The monoisotopic (exact) mass is 372 g/mol. The van der Waals surface area contributed by atoms with Crippen molar-refractivity contribution in [2.24, 2.45) is 0 Å². The summed E-state index contributed by atoms with van der Waals surface area (Å²) in [5.74, 6) is 1.41. The number of carbonyl (C=O) groups excluding carboxylic acids is 1. The maximum atomic E-state index is 12.9. The lowest BCUT2D eigenvalue weighted by Gasteiger charge is -2.30. The van der Waals surface area contributed by atoms with Crippen molar-refractivity contribution in [1.29, 1.82) is 0 Å². The van der Waals surface area contributed by atoms with Crippen LogP contribution in [0.2, 0.25) is 5.02 Å². The van der Waals surface area contributed by atoms with E-state index in [1.807, 2.05) is 29.2 Å². The minimum absolute atomic E-state index is 0.00680. The molecular formula is C19H21ClN4O2. The molecule has 2 aliphatic rings. The summed E-state index contributed by atoms with van der Waals surface area (Å²) < 4.78 is 5.38. The lowest BCUT2D eigenvalue weighted by molar-refractivity contribution is -0.118. The van der Waals surface area contributed by atoms with E-state index in [1.54, 1.807) is 6.20 Å². The summed E-state index contributed by atoms with van der Waals surface area (Å²) in [6.45, 7) is 3.72. The van der Waals surface area contributed by atoms with Gasteiger partial charge in [0, 0.05) is 36.5 Å². The fourth-order valence-corrected chi connectivity index (χ4v) is 3.78. The molecular weight excluding hydrogens is 352 g/mol. The van der Waals surface area contributed by atoms with Crippen LogP contribution in [0.15, 0.2) is 30.5 Å². The highest BCUT2D eigenvalue weighted by atomic mass is 35.5. The number of halogens is 1. The summed E-state index contributed by atoms with van der Waals surface area (Å²) in [6, 6.07) is 7.62. The third kappa shape index (κ3) is 3.52. The molecule has 0 radical (unpaired) electrons. The van der Waals surface area contributed by atoms with E-state index in [0.29, 0.717) is 25.6 Å². The second-order valence-corrected chi connectivity index (χ2v) is 6.90. The van der Waals surface area contributed by atoms with Crippen molar-refractivity contribution in [3.63, 3.8) is 0 Å². The third-order valence-corrected chi connectivity index (χ3v) is 5.18. The summed E-state index contributed by atoms with van der Waals surface area (Å²) in [7, 11) is 0. The zero-order valence-electron chi connectivity index (χ0n) is 14.5. The maximum absolute atomic E-state index is 12.9. The molecule has 136 valence electrons. The normalized spacial score (nSPS) is 17.1. The third-order valence-electron chi connectivity index (χ3n) is 4.83. The number of carbonyl (C=O) groups is 1. The molecule has 1 aromatic heterocycles. The maximum Gasteiger partial charge on any atom is 0.234 e. The molecule has 7 heteroatoms. The Morgan fingerprint density at radius 2 is 2.04 bits per heavy atom. The highest BCUT2D eigenvalue weighted by Crippen LogP contribution is 2.32. The summed E-state index contributed by atoms with van der Waals surface area (Å²) >= 11 is 6.30. The molecule has 0 saturated carbocycles. The van der Waals surface area contributed by atoms with Crippen molar-refractivity contribution in [2.45, 2.75) is 19.3 Å². The van der Waals surface area contributed by atoms with Crippen LogP contribution in [0.5, 0.6) is 0 Å². The van der Waals surface area contributed by atoms with Gasteiger partial charge in [0.25, 0.3) is 0 Å². The van der Waals surface area contributed by atoms with Crippen molar-refractivity contribution in [3.8, 4) is 0 Å². The Morgan fingerprint density at radius 3 is 2.88 bits per heavy atom. The molecule has 4 rings (SSSR count). The molecule has 3 heterocycles. The number of benzene rings is 1. The Labute approximate surface area is 157 Å². The largest absolute Gasteiger partial charge is 0.378 e. The van der Waals surface area contributed by atoms with Gasteiger partial charge in [-0.05, 0) is 36.6 Å². The smallest absolute Gasteiger partial charge is 0.234 e. The molecule has 1 fully saturated rings. The molecule has 0 N–H and O–H groups in total. The number of nitrogens with zero attached hydrogens (tertiary/aromatic N) is 4. The molecule has 1 saturated heterocycles. The first kappa shape index (κ1) is 17.2. The number of hydrogen-bond acceptors (Lipinski definition) is 5. The first-order chi connectivity index (χ1) is 12.7. The van der Waals surface area contributed by atoms with E-state index in [0.717, 1.165) is 48.0 Å². The molecule has 2 aliphatic heterocycles. The summed E-state index contributed by atoms with van der Waals surface area (Å²) in [6.07, 6.45) is 3.73. The van der Waals surface area contributed by atoms with E-state index < -0.39 is 0 Å². The van der Waals surface area contributed by atoms with Gasteiger partial charge in [0.2, 0.25) is 5.91 Å². The summed E-state index contributed by atoms with van der Waals surface area (Å²) in [5.41, 5.74) is 1.97. The molecule has 26 heavy (non-hydrogen) atoms. The van der Waals surface area contributed by atoms with Crippen molar-refractivity contribution < 1.29 is 9.53 Å². The molecule has 0 unspecified atom stereocenters. The molecule has 0 bridgehead atoms. The van der Waals surface area contributed by atoms with E-state index in [4.69, 9.17) is 16.3 Å². The summed E-state index contributed by atoms with van der Waals surface area (Å²) in [5, 5.41) is 0.727. The van der Waals surface area contributed by atoms with E-state index in [9.17, 15) is 4.79 Å². The van der Waals surface area contributed by atoms with Gasteiger partial charge in [0.15, 0.2) is 0 Å². The first-order valence-corrected chi connectivity index (χ1v) is 9.32. The van der Waals surface area contributed by atoms with Gasteiger partial charge in [-0.1, -0.05) is 17.7 Å². The fourth-order valence-electron chi connectivity index (χ4n) is 3.51. The van der Waals surface area contributed by atoms with Crippen LogP contribution >= 0.6 is 11.6 Å². The number of fused-ring (bicyclic) bond motifs is 1. The van der Waals surface area contributed by atoms with Gasteiger partial charge < -0.3 is 14.5 Å². The lowest BCUT2D eigenvalue weighted by atomic mass is 10.0. The Hall–Kier alpha value is -2.18. The topological polar surface area (TPSA) is 58.6 Å². The van der Waals surface area contributed by atoms with Crippen LogP contribution in [0.1, 0.15) is 17.8 Å². The van der Waals surface area contributed by atoms with Gasteiger partial charge in [0.1, 0.15) is 11.6 Å². The number of aromatic nitrogens is 2. The zero-order valence-corrected chi connectivity index (χ0v) is 15.3. The summed E-state index contributed by atoms with van der Waals surface area (Å²) in [4.78, 5) is 25.8. The number of anilines is 2. The van der Waals surface area contributed by atoms with Crippen molar-refractivity contribution in [1.82, 2.24) is 9.97 Å². The Morgan fingerprint density at radius 1 is 1.19 bits per heavy atom. The average Bonchev–Trinajstić information content (AvgIpc) is 2.69. The molecule has 2 aromatic rings. The molecule has 0 aliphatic carbocycles. The van der Waals surface area contributed by atoms with Crippen molar-refractivity contribution >= 4 is 29.0 Å². The molecule has 1 aromatic carbocycles. The molecule has 6 nitrogen and oxygen atoms in total. The van der Waals surface area contributed by atoms with Crippen LogP contribution in [0.25, 0.3) is 0 Å². The SMILES string of the molecule is O=C(Cc1nccc(N2CCOCC2)n1)N1CCCc2c(Cl)cccc21. The van der Waals surface area contributed by atoms with Gasteiger partial charge >= 0.3 is 0 Å². The van der Waals surface area contributed by atoms with E-state index in [2.05, 4.69) is 14.9 Å². The van der Waals surface area contributed by atoms with Crippen LogP contribution < -0.4 is 9.80 Å². The Balaban J connectivity index is 1.52. The highest BCUT2D eigenvalue weighted by molar-refractivity contribution is 6.31. The van der Waals surface area contributed by atoms with Crippen LogP contribution in [-0.4, -0.2) is 48.7 Å². The average molecular weight is 373 g/mol. The van der Waals surface area contributed by atoms with E-state index >= 15 is 0 Å². The van der Waals surface area contributed by atoms with Gasteiger partial charge in [-0.25, -0.2) is 9.97 Å². The molecule has 0 atom stereocenters. The predicted molar refractivity (Wildman–Crippen MR) is 101 cm³/mol. The Kier molecular flexibility index (Phi) is 5.04. The number of morpholine rings is 1. The standard InChI is InChI=1S/C19H21ClN4O2/c20-15-4-1-5-16-14(15)3-2-8-24(16)19(25)13-17-21-7-6-18(22-17)23-9-11-26-12-10-23/h1,4-7H,2-3,8-13H2. The predicted octanol–water partition coefficient (Wildman–Crippen LogP) is 2.49. The van der Waals surface area contributed by atoms with Gasteiger partial charge in [-0.2, -0.15) is 0 Å². The second kappa shape index (κ2) is 7.60. The highest BCUT2D eigenvalue weighted by Gasteiger charge is 2.25.